The molecule has 0 saturated carbocycles. The van der Waals surface area contributed by atoms with Gasteiger partial charge in [-0.2, -0.15) is 5.10 Å². The molecule has 2 N–H and O–H groups in total. The van der Waals surface area contributed by atoms with Crippen LogP contribution in [0.4, 0.5) is 8.78 Å². The largest absolute Gasteiger partial charge is 0.336 e. The smallest absolute Gasteiger partial charge is 0.261 e. The van der Waals surface area contributed by atoms with E-state index < -0.39 is 5.92 Å². The SMILES string of the molecule is FC1(F)CCN(Cc2cncc(-c3cc4c(-c5nc6c(-c7ccncc7)nccc6[nH]5)n[nH]c4cn3)c2)C1. The molecule has 0 aromatic carbocycles. The van der Waals surface area contributed by atoms with Crippen molar-refractivity contribution < 1.29 is 8.78 Å². The number of hydrogen-bond donors (Lipinski definition) is 2. The van der Waals surface area contributed by atoms with E-state index in [4.69, 9.17) is 4.98 Å². The predicted octanol–water partition coefficient (Wildman–Crippen LogP) is 4.86. The molecule has 0 aliphatic carbocycles. The van der Waals surface area contributed by atoms with Crippen LogP contribution in [0.3, 0.4) is 0 Å². The van der Waals surface area contributed by atoms with Crippen LogP contribution in [-0.2, 0) is 6.54 Å². The number of aromatic amines is 2. The maximum absolute atomic E-state index is 13.6. The Balaban J connectivity index is 1.24. The van der Waals surface area contributed by atoms with Crippen molar-refractivity contribution >= 4 is 21.9 Å². The predicted molar refractivity (Wildman–Crippen MR) is 138 cm³/mol. The number of fused-ring (bicyclic) bond motifs is 2. The van der Waals surface area contributed by atoms with Crippen LogP contribution in [0.1, 0.15) is 12.0 Å². The fraction of sp³-hybridized carbons (Fsp3) is 0.185. The van der Waals surface area contributed by atoms with Gasteiger partial charge in [-0.3, -0.25) is 29.9 Å². The summed E-state index contributed by atoms with van der Waals surface area (Å²) in [5.41, 5.74) is 7.06. The number of H-pyrrole nitrogens is 2. The highest BCUT2D eigenvalue weighted by molar-refractivity contribution is 5.96. The highest BCUT2D eigenvalue weighted by atomic mass is 19.3. The molecule has 38 heavy (non-hydrogen) atoms. The zero-order chi connectivity index (χ0) is 25.7. The first-order valence-corrected chi connectivity index (χ1v) is 12.2. The molecule has 0 radical (unpaired) electrons. The van der Waals surface area contributed by atoms with E-state index in [9.17, 15) is 8.78 Å². The van der Waals surface area contributed by atoms with E-state index in [0.29, 0.717) is 30.3 Å². The van der Waals surface area contributed by atoms with Crippen LogP contribution >= 0.6 is 0 Å². The third kappa shape index (κ3) is 4.06. The second-order valence-corrected chi connectivity index (χ2v) is 9.46. The van der Waals surface area contributed by atoms with Gasteiger partial charge >= 0.3 is 0 Å². The Hall–Kier alpha value is -4.64. The Kier molecular flexibility index (Phi) is 5.18. The van der Waals surface area contributed by atoms with E-state index in [-0.39, 0.29) is 13.0 Å². The lowest BCUT2D eigenvalue weighted by molar-refractivity contribution is 0.0115. The Morgan fingerprint density at radius 3 is 2.63 bits per heavy atom. The molecule has 6 aromatic rings. The van der Waals surface area contributed by atoms with Crippen molar-refractivity contribution in [3.05, 3.63) is 73.1 Å². The molecule has 11 heteroatoms. The number of hydrogen-bond acceptors (Lipinski definition) is 7. The standard InChI is InChI=1S/C27H21F2N9/c28-27(29)4-8-38(15-27)14-16-9-18(12-31-11-16)21-10-19-22(13-33-21)36-37-24(19)26-34-20-3-7-32-23(25(20)35-26)17-1-5-30-6-2-17/h1-3,5-7,9-13H,4,8,14-15H2,(H,34,35)(H,36,37). The zero-order valence-electron chi connectivity index (χ0n) is 20.1. The summed E-state index contributed by atoms with van der Waals surface area (Å²) in [5, 5.41) is 8.39. The van der Waals surface area contributed by atoms with E-state index in [2.05, 4.69) is 35.1 Å². The summed E-state index contributed by atoms with van der Waals surface area (Å²) in [6.07, 6.45) is 10.3. The molecular weight excluding hydrogens is 488 g/mol. The second-order valence-electron chi connectivity index (χ2n) is 9.46. The number of halogens is 2. The first-order valence-electron chi connectivity index (χ1n) is 12.2. The highest BCUT2D eigenvalue weighted by Gasteiger charge is 2.37. The number of imidazole rings is 1. The van der Waals surface area contributed by atoms with Crippen molar-refractivity contribution in [1.29, 1.82) is 0 Å². The van der Waals surface area contributed by atoms with Gasteiger partial charge in [0.25, 0.3) is 5.92 Å². The maximum atomic E-state index is 13.6. The molecule has 7 heterocycles. The molecule has 1 fully saturated rings. The molecule has 1 saturated heterocycles. The average Bonchev–Trinajstić information content (AvgIpc) is 3.64. The summed E-state index contributed by atoms with van der Waals surface area (Å²) < 4.78 is 27.2. The lowest BCUT2D eigenvalue weighted by Crippen LogP contribution is -2.24. The minimum atomic E-state index is -2.62. The van der Waals surface area contributed by atoms with Crippen molar-refractivity contribution in [1.82, 2.24) is 45.0 Å². The highest BCUT2D eigenvalue weighted by Crippen LogP contribution is 2.32. The van der Waals surface area contributed by atoms with Gasteiger partial charge in [0.15, 0.2) is 5.82 Å². The summed E-state index contributed by atoms with van der Waals surface area (Å²) in [7, 11) is 0. The minimum Gasteiger partial charge on any atom is -0.336 e. The summed E-state index contributed by atoms with van der Waals surface area (Å²) in [5.74, 6) is -2.02. The van der Waals surface area contributed by atoms with Crippen LogP contribution in [0.2, 0.25) is 0 Å². The number of alkyl halides is 2. The molecule has 0 spiro atoms. The van der Waals surface area contributed by atoms with Crippen LogP contribution in [0.25, 0.3) is 56.0 Å². The van der Waals surface area contributed by atoms with Crippen molar-refractivity contribution in [3.63, 3.8) is 0 Å². The molecular formula is C27H21F2N9. The van der Waals surface area contributed by atoms with E-state index in [1.165, 1.54) is 0 Å². The third-order valence-corrected chi connectivity index (χ3v) is 6.77. The first kappa shape index (κ1) is 22.5. The minimum absolute atomic E-state index is 0.108. The normalized spacial score (nSPS) is 15.5. The van der Waals surface area contributed by atoms with Crippen LogP contribution < -0.4 is 0 Å². The molecule has 0 atom stereocenters. The number of rotatable bonds is 5. The molecule has 0 unspecified atom stereocenters. The fourth-order valence-corrected chi connectivity index (χ4v) is 4.94. The topological polar surface area (TPSA) is 112 Å². The maximum Gasteiger partial charge on any atom is 0.261 e. The molecule has 7 rings (SSSR count). The quantitative estimate of drug-likeness (QED) is 0.341. The molecule has 188 valence electrons. The van der Waals surface area contributed by atoms with Crippen LogP contribution in [0.15, 0.2) is 67.5 Å². The molecule has 1 aliphatic heterocycles. The molecule has 0 amide bonds. The lowest BCUT2D eigenvalue weighted by atomic mass is 10.1. The van der Waals surface area contributed by atoms with Crippen molar-refractivity contribution in [2.45, 2.75) is 18.9 Å². The van der Waals surface area contributed by atoms with Gasteiger partial charge in [0, 0.05) is 67.0 Å². The van der Waals surface area contributed by atoms with E-state index in [1.807, 2.05) is 30.3 Å². The summed E-state index contributed by atoms with van der Waals surface area (Å²) >= 11 is 0. The molecule has 6 aromatic heterocycles. The molecule has 1 aliphatic rings. The van der Waals surface area contributed by atoms with Gasteiger partial charge in [-0.1, -0.05) is 0 Å². The van der Waals surface area contributed by atoms with E-state index >= 15 is 0 Å². The Bertz CT molecular complexity index is 1780. The van der Waals surface area contributed by atoms with Crippen LogP contribution in [-0.4, -0.2) is 64.0 Å². The number of likely N-dealkylation sites (tertiary alicyclic amines) is 1. The van der Waals surface area contributed by atoms with Crippen molar-refractivity contribution in [3.8, 4) is 34.0 Å². The van der Waals surface area contributed by atoms with E-state index in [1.54, 1.807) is 42.1 Å². The Morgan fingerprint density at radius 1 is 0.895 bits per heavy atom. The van der Waals surface area contributed by atoms with Gasteiger partial charge in [-0.25, -0.2) is 13.8 Å². The summed E-state index contributed by atoms with van der Waals surface area (Å²) in [6.45, 7) is 0.563. The van der Waals surface area contributed by atoms with Crippen molar-refractivity contribution in [2.75, 3.05) is 13.1 Å². The average molecular weight is 510 g/mol. The van der Waals surface area contributed by atoms with Crippen molar-refractivity contribution in [2.24, 2.45) is 0 Å². The number of nitrogens with one attached hydrogen (secondary N) is 2. The first-order chi connectivity index (χ1) is 18.5. The number of nitrogens with zero attached hydrogens (tertiary/aromatic N) is 7. The van der Waals surface area contributed by atoms with Crippen LogP contribution in [0, 0.1) is 0 Å². The summed E-state index contributed by atoms with van der Waals surface area (Å²) in [4.78, 5) is 27.5. The van der Waals surface area contributed by atoms with Crippen LogP contribution in [0.5, 0.6) is 0 Å². The van der Waals surface area contributed by atoms with E-state index in [0.717, 1.165) is 44.3 Å². The number of aromatic nitrogens is 8. The van der Waals surface area contributed by atoms with Gasteiger partial charge < -0.3 is 4.98 Å². The monoisotopic (exact) mass is 509 g/mol. The molecule has 9 nitrogen and oxygen atoms in total. The van der Waals surface area contributed by atoms with Gasteiger partial charge in [0.1, 0.15) is 11.2 Å². The Labute approximate surface area is 215 Å². The fourth-order valence-electron chi connectivity index (χ4n) is 4.94. The second kappa shape index (κ2) is 8.73. The Morgan fingerprint density at radius 2 is 1.79 bits per heavy atom. The zero-order valence-corrected chi connectivity index (χ0v) is 20.1. The number of pyridine rings is 4. The summed E-state index contributed by atoms with van der Waals surface area (Å²) in [6, 6.07) is 9.57. The van der Waals surface area contributed by atoms with Gasteiger partial charge in [-0.15, -0.1) is 0 Å². The van der Waals surface area contributed by atoms with Gasteiger partial charge in [0.05, 0.1) is 35.2 Å². The lowest BCUT2D eigenvalue weighted by Gasteiger charge is -2.15. The third-order valence-electron chi connectivity index (χ3n) is 6.77. The van der Waals surface area contributed by atoms with Gasteiger partial charge in [0.2, 0.25) is 0 Å². The molecule has 0 bridgehead atoms. The van der Waals surface area contributed by atoms with Gasteiger partial charge in [-0.05, 0) is 35.9 Å².